The van der Waals surface area contributed by atoms with Crippen LogP contribution in [0.4, 0.5) is 5.69 Å². The van der Waals surface area contributed by atoms with Crippen LogP contribution < -0.4 is 10.2 Å². The number of nitrogens with zero attached hydrogens (tertiary/aromatic N) is 1. The van der Waals surface area contributed by atoms with Crippen LogP contribution in [0.1, 0.15) is 22.8 Å². The zero-order valence-corrected chi connectivity index (χ0v) is 18.8. The van der Waals surface area contributed by atoms with Gasteiger partial charge in [-0.15, -0.1) is 0 Å². The molecule has 0 bridgehead atoms. The quantitative estimate of drug-likeness (QED) is 0.237. The molecule has 1 aliphatic carbocycles. The summed E-state index contributed by atoms with van der Waals surface area (Å²) in [4.78, 5) is 75.3. The maximum Gasteiger partial charge on any atom is 0.340 e. The number of benzene rings is 1. The van der Waals surface area contributed by atoms with Crippen LogP contribution in [-0.4, -0.2) is 61.0 Å². The number of nitrogens with one attached hydrogen (secondary N) is 1. The summed E-state index contributed by atoms with van der Waals surface area (Å²) in [6, 6.07) is 4.48. The first kappa shape index (κ1) is 24.6. The molecule has 1 aromatic carbocycles. The van der Waals surface area contributed by atoms with Crippen LogP contribution in [-0.2, 0) is 33.4 Å². The van der Waals surface area contributed by atoms with E-state index in [1.807, 2.05) is 0 Å². The summed E-state index contributed by atoms with van der Waals surface area (Å²) in [7, 11) is 1.32. The number of carbonyl (C=O) groups excluding carboxylic acids is 5. The molecule has 0 spiro atoms. The maximum absolute atomic E-state index is 13.2. The Hall–Kier alpha value is -4.02. The van der Waals surface area contributed by atoms with E-state index in [2.05, 4.69) is 11.9 Å². The third kappa shape index (κ3) is 4.04. The molecule has 11 nitrogen and oxygen atoms in total. The predicted molar refractivity (Wildman–Crippen MR) is 115 cm³/mol. The number of amides is 3. The van der Waals surface area contributed by atoms with Crippen LogP contribution in [0.25, 0.3) is 0 Å². The molecule has 0 aromatic heterocycles. The van der Waals surface area contributed by atoms with Crippen molar-refractivity contribution in [2.45, 2.75) is 13.8 Å². The van der Waals surface area contributed by atoms with Crippen molar-refractivity contribution in [3.05, 3.63) is 41.5 Å². The fourth-order valence-electron chi connectivity index (χ4n) is 4.37. The van der Waals surface area contributed by atoms with Gasteiger partial charge in [-0.25, -0.2) is 14.5 Å². The number of hydrogen-bond donors (Lipinski definition) is 2. The number of carbonyl (C=O) groups is 6. The van der Waals surface area contributed by atoms with Crippen molar-refractivity contribution in [3.8, 4) is 0 Å². The van der Waals surface area contributed by atoms with Gasteiger partial charge in [-0.1, -0.05) is 18.7 Å². The first-order valence-electron chi connectivity index (χ1n) is 10.4. The summed E-state index contributed by atoms with van der Waals surface area (Å²) in [6.45, 7) is 5.98. The second-order valence-corrected chi connectivity index (χ2v) is 8.09. The lowest BCUT2D eigenvalue weighted by Crippen LogP contribution is -2.57. The number of carboxylic acid groups (broad SMARTS) is 1. The fourth-order valence-corrected chi connectivity index (χ4v) is 4.37. The van der Waals surface area contributed by atoms with Gasteiger partial charge in [-0.05, 0) is 25.5 Å². The van der Waals surface area contributed by atoms with Crippen LogP contribution in [0.5, 0.6) is 0 Å². The number of rotatable bonds is 8. The minimum absolute atomic E-state index is 0.0619. The highest BCUT2D eigenvalue weighted by Gasteiger charge is 2.69. The van der Waals surface area contributed by atoms with Crippen molar-refractivity contribution >= 4 is 41.3 Å². The molecule has 1 saturated heterocycles. The average Bonchev–Trinajstić information content (AvgIpc) is 2.95. The lowest BCUT2D eigenvalue weighted by molar-refractivity contribution is -0.168. The number of ether oxygens (including phenoxy) is 2. The molecule has 1 aromatic rings. The standard InChI is InChI=1S/C23H24N2O9/c1-10(2)22(31)33-8-9-34-23(32)13-11(3)6-5-7-12(13)25-19(27)15-14(18(26)24-4)17(21(29)30)16(15)20(25)28/h5-7,14-17H,1,8-9H2,2-4H3,(H,24,26)(H,29,30). The Labute approximate surface area is 194 Å². The van der Waals surface area contributed by atoms with Gasteiger partial charge < -0.3 is 19.9 Å². The zero-order chi connectivity index (χ0) is 25.3. The average molecular weight is 472 g/mol. The molecule has 2 aliphatic rings. The van der Waals surface area contributed by atoms with E-state index in [9.17, 15) is 33.9 Å². The van der Waals surface area contributed by atoms with Gasteiger partial charge in [0, 0.05) is 12.6 Å². The normalized spacial score (nSPS) is 23.0. The molecule has 1 aliphatic heterocycles. The number of fused-ring (bicyclic) bond motifs is 1. The molecule has 34 heavy (non-hydrogen) atoms. The molecule has 0 radical (unpaired) electrons. The molecular formula is C23H24N2O9. The van der Waals surface area contributed by atoms with Crippen molar-refractivity contribution in [2.24, 2.45) is 23.7 Å². The first-order chi connectivity index (χ1) is 16.0. The van der Waals surface area contributed by atoms with Crippen molar-refractivity contribution < 1.29 is 43.3 Å². The Balaban J connectivity index is 1.87. The summed E-state index contributed by atoms with van der Waals surface area (Å²) in [5.74, 6) is -9.96. The summed E-state index contributed by atoms with van der Waals surface area (Å²) in [6.07, 6.45) is 0. The first-order valence-corrected chi connectivity index (χ1v) is 10.4. The van der Waals surface area contributed by atoms with E-state index in [0.29, 0.717) is 5.56 Å². The van der Waals surface area contributed by atoms with E-state index >= 15 is 0 Å². The monoisotopic (exact) mass is 472 g/mol. The van der Waals surface area contributed by atoms with Gasteiger partial charge in [-0.3, -0.25) is 19.2 Å². The fraction of sp³-hybridized carbons (Fsp3) is 0.391. The van der Waals surface area contributed by atoms with E-state index in [1.165, 1.54) is 26.1 Å². The Bertz CT molecular complexity index is 1110. The van der Waals surface area contributed by atoms with Gasteiger partial charge in [-0.2, -0.15) is 0 Å². The maximum atomic E-state index is 13.2. The van der Waals surface area contributed by atoms with Gasteiger partial charge >= 0.3 is 17.9 Å². The molecule has 4 unspecified atom stereocenters. The van der Waals surface area contributed by atoms with Gasteiger partial charge in [0.25, 0.3) is 0 Å². The van der Waals surface area contributed by atoms with Crippen LogP contribution in [0, 0.1) is 30.6 Å². The van der Waals surface area contributed by atoms with Crippen molar-refractivity contribution in [2.75, 3.05) is 25.2 Å². The predicted octanol–water partition coefficient (Wildman–Crippen LogP) is 0.453. The Morgan fingerprint density at radius 2 is 1.65 bits per heavy atom. The van der Waals surface area contributed by atoms with E-state index in [-0.39, 0.29) is 30.0 Å². The number of aliphatic carboxylic acids is 1. The lowest BCUT2D eigenvalue weighted by atomic mass is 9.57. The number of esters is 2. The summed E-state index contributed by atoms with van der Waals surface area (Å²) in [5, 5.41) is 11.9. The van der Waals surface area contributed by atoms with Crippen LogP contribution >= 0.6 is 0 Å². The van der Waals surface area contributed by atoms with Crippen molar-refractivity contribution in [1.82, 2.24) is 5.32 Å². The van der Waals surface area contributed by atoms with E-state index in [0.717, 1.165) is 4.90 Å². The summed E-state index contributed by atoms with van der Waals surface area (Å²) < 4.78 is 10.0. The van der Waals surface area contributed by atoms with Gasteiger partial charge in [0.1, 0.15) is 13.2 Å². The molecule has 2 N–H and O–H groups in total. The van der Waals surface area contributed by atoms with Crippen molar-refractivity contribution in [1.29, 1.82) is 0 Å². The van der Waals surface area contributed by atoms with Gasteiger partial charge in [0.05, 0.1) is 34.9 Å². The largest absolute Gasteiger partial charge is 0.481 e. The highest BCUT2D eigenvalue weighted by atomic mass is 16.6. The summed E-state index contributed by atoms with van der Waals surface area (Å²) in [5.41, 5.74) is 0.454. The lowest BCUT2D eigenvalue weighted by Gasteiger charge is -2.41. The third-order valence-corrected chi connectivity index (χ3v) is 5.99. The van der Waals surface area contributed by atoms with Gasteiger partial charge in [0.15, 0.2) is 0 Å². The molecular weight excluding hydrogens is 448 g/mol. The smallest absolute Gasteiger partial charge is 0.340 e. The van der Waals surface area contributed by atoms with Gasteiger partial charge in [0.2, 0.25) is 17.7 Å². The second-order valence-electron chi connectivity index (χ2n) is 8.09. The second kappa shape index (κ2) is 9.46. The Kier molecular flexibility index (Phi) is 6.85. The molecule has 4 atom stereocenters. The zero-order valence-electron chi connectivity index (χ0n) is 18.8. The molecule has 1 saturated carbocycles. The number of carboxylic acids is 1. The highest BCUT2D eigenvalue weighted by Crippen LogP contribution is 2.53. The number of imide groups is 1. The van der Waals surface area contributed by atoms with E-state index < -0.39 is 59.3 Å². The number of aryl methyl sites for hydroxylation is 1. The SMILES string of the molecule is C=C(C)C(=O)OCCOC(=O)c1c(C)cccc1N1C(=O)C2C(C(=O)O)C(C(=O)NC)C2C1=O. The molecule has 3 rings (SSSR count). The molecule has 11 heteroatoms. The topological polar surface area (TPSA) is 156 Å². The molecule has 3 amide bonds. The summed E-state index contributed by atoms with van der Waals surface area (Å²) >= 11 is 0. The number of hydrogen-bond acceptors (Lipinski definition) is 8. The van der Waals surface area contributed by atoms with Crippen molar-refractivity contribution in [3.63, 3.8) is 0 Å². The Morgan fingerprint density at radius 1 is 1.06 bits per heavy atom. The Morgan fingerprint density at radius 3 is 2.21 bits per heavy atom. The third-order valence-electron chi connectivity index (χ3n) is 5.99. The minimum atomic E-state index is -1.36. The minimum Gasteiger partial charge on any atom is -0.481 e. The van der Waals surface area contributed by atoms with E-state index in [4.69, 9.17) is 9.47 Å². The van der Waals surface area contributed by atoms with E-state index in [1.54, 1.807) is 13.0 Å². The van der Waals surface area contributed by atoms with Crippen LogP contribution in [0.3, 0.4) is 0 Å². The number of anilines is 1. The molecule has 180 valence electrons. The molecule has 1 heterocycles. The van der Waals surface area contributed by atoms with Crippen LogP contribution in [0.2, 0.25) is 0 Å². The highest BCUT2D eigenvalue weighted by molar-refractivity contribution is 6.27. The molecule has 2 fully saturated rings. The van der Waals surface area contributed by atoms with Crippen LogP contribution in [0.15, 0.2) is 30.4 Å².